The van der Waals surface area contributed by atoms with Crippen molar-refractivity contribution in [1.29, 1.82) is 0 Å². The summed E-state index contributed by atoms with van der Waals surface area (Å²) in [7, 11) is 0. The Kier molecular flexibility index (Phi) is 5.52. The van der Waals surface area contributed by atoms with E-state index in [-0.39, 0.29) is 11.4 Å². The van der Waals surface area contributed by atoms with Gasteiger partial charge in [-0.25, -0.2) is 4.79 Å². The molecule has 0 saturated heterocycles. The molecular formula is C21H24ClN3O. The first kappa shape index (κ1) is 18.3. The number of aromatic nitrogens is 1. The fourth-order valence-corrected chi connectivity index (χ4v) is 3.14. The number of nitrogens with one attached hydrogen (secondary N) is 3. The van der Waals surface area contributed by atoms with E-state index in [1.165, 1.54) is 10.9 Å². The molecule has 2 amide bonds. The van der Waals surface area contributed by atoms with Crippen LogP contribution in [0.25, 0.3) is 10.9 Å². The predicted molar refractivity (Wildman–Crippen MR) is 108 cm³/mol. The van der Waals surface area contributed by atoms with E-state index in [2.05, 4.69) is 41.6 Å². The molecule has 3 N–H and O–H groups in total. The number of para-hydroxylation sites is 1. The second kappa shape index (κ2) is 7.83. The number of fused-ring (bicyclic) bond motifs is 1. The summed E-state index contributed by atoms with van der Waals surface area (Å²) in [5.74, 6) is 0. The van der Waals surface area contributed by atoms with Crippen molar-refractivity contribution < 1.29 is 4.79 Å². The monoisotopic (exact) mass is 369 g/mol. The molecular weight excluding hydrogens is 346 g/mol. The molecule has 136 valence electrons. The molecule has 0 spiro atoms. The van der Waals surface area contributed by atoms with E-state index in [4.69, 9.17) is 11.6 Å². The van der Waals surface area contributed by atoms with Crippen LogP contribution in [0.2, 0.25) is 5.02 Å². The van der Waals surface area contributed by atoms with Crippen LogP contribution in [0.5, 0.6) is 0 Å². The molecule has 4 nitrogen and oxygen atoms in total. The summed E-state index contributed by atoms with van der Waals surface area (Å²) in [5.41, 5.74) is 3.30. The van der Waals surface area contributed by atoms with Crippen molar-refractivity contribution in [3.05, 3.63) is 70.9 Å². The van der Waals surface area contributed by atoms with Crippen molar-refractivity contribution in [2.75, 3.05) is 13.1 Å². The molecule has 0 saturated carbocycles. The first-order chi connectivity index (χ1) is 12.5. The third kappa shape index (κ3) is 4.38. The summed E-state index contributed by atoms with van der Waals surface area (Å²) < 4.78 is 0. The number of rotatable bonds is 6. The molecule has 1 aromatic heterocycles. The van der Waals surface area contributed by atoms with Crippen molar-refractivity contribution in [3.8, 4) is 0 Å². The first-order valence-corrected chi connectivity index (χ1v) is 9.16. The molecule has 0 atom stereocenters. The van der Waals surface area contributed by atoms with Crippen LogP contribution in [0.1, 0.15) is 25.0 Å². The maximum Gasteiger partial charge on any atom is 0.314 e. The zero-order valence-electron chi connectivity index (χ0n) is 15.1. The predicted octanol–water partition coefficient (Wildman–Crippen LogP) is 4.64. The normalized spacial score (nSPS) is 11.5. The van der Waals surface area contributed by atoms with Crippen LogP contribution in [0.4, 0.5) is 4.79 Å². The summed E-state index contributed by atoms with van der Waals surface area (Å²) >= 11 is 5.94. The van der Waals surface area contributed by atoms with Crippen molar-refractivity contribution in [1.82, 2.24) is 15.6 Å². The van der Waals surface area contributed by atoms with E-state index in [0.717, 1.165) is 17.5 Å². The number of hydrogen-bond acceptors (Lipinski definition) is 1. The topological polar surface area (TPSA) is 56.9 Å². The van der Waals surface area contributed by atoms with E-state index in [1.54, 1.807) is 0 Å². The van der Waals surface area contributed by atoms with Crippen LogP contribution in [0.15, 0.2) is 54.7 Å². The number of urea groups is 1. The zero-order chi connectivity index (χ0) is 18.6. The van der Waals surface area contributed by atoms with Crippen LogP contribution in [0, 0.1) is 0 Å². The van der Waals surface area contributed by atoms with E-state index in [1.807, 2.05) is 42.6 Å². The van der Waals surface area contributed by atoms with Gasteiger partial charge < -0.3 is 15.6 Å². The van der Waals surface area contributed by atoms with Crippen LogP contribution >= 0.6 is 11.6 Å². The molecule has 3 aromatic rings. The molecule has 0 bridgehead atoms. The van der Waals surface area contributed by atoms with Crippen LogP contribution in [-0.4, -0.2) is 24.1 Å². The molecule has 0 aliphatic heterocycles. The van der Waals surface area contributed by atoms with Gasteiger partial charge in [0.15, 0.2) is 0 Å². The van der Waals surface area contributed by atoms with Gasteiger partial charge in [-0.15, -0.1) is 0 Å². The maximum atomic E-state index is 12.1. The lowest BCUT2D eigenvalue weighted by Gasteiger charge is -2.25. The Hall–Kier alpha value is -2.46. The van der Waals surface area contributed by atoms with Crippen LogP contribution in [0.3, 0.4) is 0 Å². The minimum absolute atomic E-state index is 0.146. The number of halogens is 1. The molecule has 1 heterocycles. The van der Waals surface area contributed by atoms with Crippen molar-refractivity contribution in [3.63, 3.8) is 0 Å². The second-order valence-corrected chi connectivity index (χ2v) is 7.55. The Morgan fingerprint density at radius 2 is 1.81 bits per heavy atom. The van der Waals surface area contributed by atoms with Gasteiger partial charge in [0.1, 0.15) is 0 Å². The van der Waals surface area contributed by atoms with E-state index in [0.29, 0.717) is 18.1 Å². The van der Waals surface area contributed by atoms with Crippen molar-refractivity contribution in [2.24, 2.45) is 0 Å². The Bertz CT molecular complexity index is 884. The molecule has 2 aromatic carbocycles. The minimum atomic E-state index is -0.168. The smallest absolute Gasteiger partial charge is 0.314 e. The number of hydrogen-bond donors (Lipinski definition) is 3. The summed E-state index contributed by atoms with van der Waals surface area (Å²) in [4.78, 5) is 15.4. The van der Waals surface area contributed by atoms with Gasteiger partial charge in [-0.3, -0.25) is 0 Å². The molecule has 0 aliphatic rings. The summed E-state index contributed by atoms with van der Waals surface area (Å²) in [6, 6.07) is 15.8. The zero-order valence-corrected chi connectivity index (χ0v) is 15.9. The van der Waals surface area contributed by atoms with Gasteiger partial charge in [-0.2, -0.15) is 0 Å². The summed E-state index contributed by atoms with van der Waals surface area (Å²) in [6.07, 6.45) is 2.80. The Morgan fingerprint density at radius 3 is 2.58 bits per heavy atom. The lowest BCUT2D eigenvalue weighted by Crippen LogP contribution is -2.42. The number of H-pyrrole nitrogens is 1. The van der Waals surface area contributed by atoms with Gasteiger partial charge in [0.25, 0.3) is 0 Å². The summed E-state index contributed by atoms with van der Waals surface area (Å²) in [5, 5.41) is 7.82. The van der Waals surface area contributed by atoms with Gasteiger partial charge in [-0.1, -0.05) is 55.8 Å². The number of benzene rings is 2. The number of aromatic amines is 1. The molecule has 0 unspecified atom stereocenters. The highest BCUT2D eigenvalue weighted by Gasteiger charge is 2.21. The lowest BCUT2D eigenvalue weighted by atomic mass is 9.85. The van der Waals surface area contributed by atoms with Crippen molar-refractivity contribution in [2.45, 2.75) is 25.7 Å². The van der Waals surface area contributed by atoms with Gasteiger partial charge in [-0.05, 0) is 35.7 Å². The Balaban J connectivity index is 1.47. The number of carbonyl (C=O) groups is 1. The highest BCUT2D eigenvalue weighted by atomic mass is 35.5. The average molecular weight is 370 g/mol. The number of amides is 2. The highest BCUT2D eigenvalue weighted by Crippen LogP contribution is 2.23. The Labute approximate surface area is 158 Å². The SMILES string of the molecule is CC(C)(CNC(=O)NCCc1c[nH]c2ccccc12)c1ccc(Cl)cc1. The fourth-order valence-electron chi connectivity index (χ4n) is 3.02. The van der Waals surface area contributed by atoms with Gasteiger partial charge >= 0.3 is 6.03 Å². The summed E-state index contributed by atoms with van der Waals surface area (Å²) in [6.45, 7) is 5.34. The van der Waals surface area contributed by atoms with E-state index >= 15 is 0 Å². The Morgan fingerprint density at radius 1 is 1.08 bits per heavy atom. The van der Waals surface area contributed by atoms with Crippen molar-refractivity contribution >= 4 is 28.5 Å². The maximum absolute atomic E-state index is 12.1. The average Bonchev–Trinajstić information content (AvgIpc) is 3.04. The second-order valence-electron chi connectivity index (χ2n) is 7.11. The third-order valence-electron chi connectivity index (χ3n) is 4.67. The van der Waals surface area contributed by atoms with E-state index < -0.39 is 0 Å². The standard InChI is InChI=1S/C21H24ClN3O/c1-21(2,16-7-9-17(22)10-8-16)14-25-20(26)23-12-11-15-13-24-19-6-4-3-5-18(15)19/h3-10,13,24H,11-12,14H2,1-2H3,(H2,23,25,26). The van der Waals surface area contributed by atoms with E-state index in [9.17, 15) is 4.79 Å². The van der Waals surface area contributed by atoms with Gasteiger partial charge in [0, 0.05) is 40.6 Å². The van der Waals surface area contributed by atoms with Crippen LogP contribution in [-0.2, 0) is 11.8 Å². The van der Waals surface area contributed by atoms with Gasteiger partial charge in [0.2, 0.25) is 0 Å². The molecule has 3 rings (SSSR count). The van der Waals surface area contributed by atoms with Gasteiger partial charge in [0.05, 0.1) is 0 Å². The molecule has 26 heavy (non-hydrogen) atoms. The quantitative estimate of drug-likeness (QED) is 0.582. The lowest BCUT2D eigenvalue weighted by molar-refractivity contribution is 0.238. The largest absolute Gasteiger partial charge is 0.361 e. The highest BCUT2D eigenvalue weighted by molar-refractivity contribution is 6.30. The molecule has 0 aliphatic carbocycles. The fraction of sp³-hybridized carbons (Fsp3) is 0.286. The molecule has 0 radical (unpaired) electrons. The van der Waals surface area contributed by atoms with Crippen LogP contribution < -0.4 is 10.6 Å². The number of carbonyl (C=O) groups excluding carboxylic acids is 1. The minimum Gasteiger partial charge on any atom is -0.361 e. The first-order valence-electron chi connectivity index (χ1n) is 8.78. The molecule has 0 fully saturated rings. The third-order valence-corrected chi connectivity index (χ3v) is 4.92. The molecule has 5 heteroatoms.